The van der Waals surface area contributed by atoms with Gasteiger partial charge in [-0.15, -0.1) is 0 Å². The van der Waals surface area contributed by atoms with Gasteiger partial charge in [0.2, 0.25) is 0 Å². The first kappa shape index (κ1) is 9.96. The number of rotatable bonds is 2. The van der Waals surface area contributed by atoms with Crippen molar-refractivity contribution in [2.75, 3.05) is 6.54 Å². The molecule has 1 atom stereocenters. The highest BCUT2D eigenvalue weighted by molar-refractivity contribution is 5.81. The second-order valence-electron chi connectivity index (χ2n) is 3.72. The summed E-state index contributed by atoms with van der Waals surface area (Å²) in [6, 6.07) is 6.94. The SMILES string of the molecule is CC1CN=C(NCc2cccc(F)c2)N1. The maximum absolute atomic E-state index is 12.9. The fourth-order valence-corrected chi connectivity index (χ4v) is 1.49. The lowest BCUT2D eigenvalue weighted by Crippen LogP contribution is -2.37. The summed E-state index contributed by atoms with van der Waals surface area (Å²) in [7, 11) is 0. The first-order valence-corrected chi connectivity index (χ1v) is 5.03. The Kier molecular flexibility index (Phi) is 2.85. The van der Waals surface area contributed by atoms with Crippen molar-refractivity contribution in [2.24, 2.45) is 4.99 Å². The van der Waals surface area contributed by atoms with Crippen molar-refractivity contribution in [1.29, 1.82) is 0 Å². The number of guanidine groups is 1. The molecule has 2 N–H and O–H groups in total. The fraction of sp³-hybridized carbons (Fsp3) is 0.364. The largest absolute Gasteiger partial charge is 0.352 e. The molecule has 2 rings (SSSR count). The van der Waals surface area contributed by atoms with Crippen LogP contribution in [0.25, 0.3) is 0 Å². The van der Waals surface area contributed by atoms with Crippen molar-refractivity contribution in [2.45, 2.75) is 19.5 Å². The number of nitrogens with zero attached hydrogens (tertiary/aromatic N) is 1. The quantitative estimate of drug-likeness (QED) is 0.766. The highest BCUT2D eigenvalue weighted by Crippen LogP contribution is 2.03. The van der Waals surface area contributed by atoms with Crippen LogP contribution in [0, 0.1) is 5.82 Å². The van der Waals surface area contributed by atoms with E-state index in [-0.39, 0.29) is 5.82 Å². The Hall–Kier alpha value is -1.58. The van der Waals surface area contributed by atoms with Gasteiger partial charge in [-0.2, -0.15) is 0 Å². The van der Waals surface area contributed by atoms with Gasteiger partial charge in [0, 0.05) is 12.6 Å². The molecule has 0 saturated heterocycles. The Bertz CT molecular complexity index is 376. The Morgan fingerprint density at radius 1 is 1.60 bits per heavy atom. The Morgan fingerprint density at radius 2 is 2.47 bits per heavy atom. The molecule has 0 fully saturated rings. The molecular formula is C11H14FN3. The molecule has 3 nitrogen and oxygen atoms in total. The van der Waals surface area contributed by atoms with Crippen molar-refractivity contribution in [3.63, 3.8) is 0 Å². The lowest BCUT2D eigenvalue weighted by Gasteiger charge is -2.08. The van der Waals surface area contributed by atoms with Crippen LogP contribution >= 0.6 is 0 Å². The van der Waals surface area contributed by atoms with Crippen LogP contribution in [0.2, 0.25) is 0 Å². The van der Waals surface area contributed by atoms with Gasteiger partial charge in [0.25, 0.3) is 0 Å². The molecule has 1 aliphatic heterocycles. The van der Waals surface area contributed by atoms with Gasteiger partial charge < -0.3 is 10.6 Å². The van der Waals surface area contributed by atoms with E-state index in [0.717, 1.165) is 18.1 Å². The fourth-order valence-electron chi connectivity index (χ4n) is 1.49. The van der Waals surface area contributed by atoms with Crippen molar-refractivity contribution >= 4 is 5.96 Å². The van der Waals surface area contributed by atoms with Crippen LogP contribution in [0.15, 0.2) is 29.3 Å². The predicted molar refractivity (Wildman–Crippen MR) is 58.1 cm³/mol. The maximum atomic E-state index is 12.9. The van der Waals surface area contributed by atoms with Crippen molar-refractivity contribution in [3.05, 3.63) is 35.6 Å². The van der Waals surface area contributed by atoms with Gasteiger partial charge >= 0.3 is 0 Å². The molecule has 80 valence electrons. The molecular weight excluding hydrogens is 193 g/mol. The summed E-state index contributed by atoms with van der Waals surface area (Å²) < 4.78 is 12.9. The molecule has 0 radical (unpaired) electrons. The van der Waals surface area contributed by atoms with E-state index in [1.165, 1.54) is 12.1 Å². The Balaban J connectivity index is 1.88. The molecule has 0 saturated carbocycles. The summed E-state index contributed by atoms with van der Waals surface area (Å²) >= 11 is 0. The first-order chi connectivity index (χ1) is 7.24. The highest BCUT2D eigenvalue weighted by Gasteiger charge is 2.11. The molecule has 1 unspecified atom stereocenters. The minimum atomic E-state index is -0.205. The van der Waals surface area contributed by atoms with Gasteiger partial charge in [-0.3, -0.25) is 4.99 Å². The second kappa shape index (κ2) is 4.29. The van der Waals surface area contributed by atoms with Gasteiger partial charge in [-0.05, 0) is 24.6 Å². The minimum absolute atomic E-state index is 0.205. The van der Waals surface area contributed by atoms with Crippen LogP contribution in [-0.4, -0.2) is 18.5 Å². The third-order valence-corrected chi connectivity index (χ3v) is 2.26. The lowest BCUT2D eigenvalue weighted by molar-refractivity contribution is 0.624. The van der Waals surface area contributed by atoms with Crippen molar-refractivity contribution < 1.29 is 4.39 Å². The van der Waals surface area contributed by atoms with Gasteiger partial charge in [0.1, 0.15) is 5.82 Å². The van der Waals surface area contributed by atoms with E-state index in [2.05, 4.69) is 22.5 Å². The zero-order valence-corrected chi connectivity index (χ0v) is 8.63. The molecule has 0 bridgehead atoms. The van der Waals surface area contributed by atoms with E-state index in [1.54, 1.807) is 6.07 Å². The van der Waals surface area contributed by atoms with Crippen molar-refractivity contribution in [3.8, 4) is 0 Å². The average Bonchev–Trinajstić information content (AvgIpc) is 2.62. The molecule has 1 aromatic rings. The average molecular weight is 207 g/mol. The summed E-state index contributed by atoms with van der Waals surface area (Å²) in [6.45, 7) is 3.46. The van der Waals surface area contributed by atoms with Crippen LogP contribution in [0.4, 0.5) is 4.39 Å². The van der Waals surface area contributed by atoms with Crippen molar-refractivity contribution in [1.82, 2.24) is 10.6 Å². The highest BCUT2D eigenvalue weighted by atomic mass is 19.1. The Morgan fingerprint density at radius 3 is 3.13 bits per heavy atom. The molecule has 0 aromatic heterocycles. The Labute approximate surface area is 88.4 Å². The van der Waals surface area contributed by atoms with Gasteiger partial charge in [-0.25, -0.2) is 4.39 Å². The monoisotopic (exact) mass is 207 g/mol. The van der Waals surface area contributed by atoms with Crippen LogP contribution in [0.5, 0.6) is 0 Å². The van der Waals surface area contributed by atoms with E-state index >= 15 is 0 Å². The predicted octanol–water partition coefficient (Wildman–Crippen LogP) is 1.26. The number of hydrogen-bond donors (Lipinski definition) is 2. The molecule has 0 amide bonds. The normalized spacial score (nSPS) is 19.6. The minimum Gasteiger partial charge on any atom is -0.352 e. The van der Waals surface area contributed by atoms with Crippen LogP contribution < -0.4 is 10.6 Å². The van der Waals surface area contributed by atoms with E-state index in [4.69, 9.17) is 0 Å². The molecule has 4 heteroatoms. The zero-order chi connectivity index (χ0) is 10.7. The molecule has 1 aromatic carbocycles. The number of benzene rings is 1. The van der Waals surface area contributed by atoms with E-state index in [0.29, 0.717) is 12.6 Å². The summed E-state index contributed by atoms with van der Waals surface area (Å²) in [4.78, 5) is 4.25. The summed E-state index contributed by atoms with van der Waals surface area (Å²) in [5.74, 6) is 0.593. The van der Waals surface area contributed by atoms with Crippen LogP contribution in [0.1, 0.15) is 12.5 Å². The molecule has 15 heavy (non-hydrogen) atoms. The number of nitrogens with one attached hydrogen (secondary N) is 2. The van der Waals surface area contributed by atoms with Gasteiger partial charge in [0.15, 0.2) is 5.96 Å². The molecule has 1 aliphatic rings. The third-order valence-electron chi connectivity index (χ3n) is 2.26. The number of aliphatic imine (C=N–C) groups is 1. The smallest absolute Gasteiger partial charge is 0.191 e. The van der Waals surface area contributed by atoms with Crippen LogP contribution in [0.3, 0.4) is 0 Å². The maximum Gasteiger partial charge on any atom is 0.191 e. The van der Waals surface area contributed by atoms with E-state index in [1.807, 2.05) is 6.07 Å². The number of hydrogen-bond acceptors (Lipinski definition) is 3. The van der Waals surface area contributed by atoms with Gasteiger partial charge in [-0.1, -0.05) is 12.1 Å². The zero-order valence-electron chi connectivity index (χ0n) is 8.63. The first-order valence-electron chi connectivity index (χ1n) is 5.03. The van der Waals surface area contributed by atoms with E-state index < -0.39 is 0 Å². The standard InChI is InChI=1S/C11H14FN3/c1-8-6-13-11(15-8)14-7-9-3-2-4-10(12)5-9/h2-5,8H,6-7H2,1H3,(H2,13,14,15). The van der Waals surface area contributed by atoms with Crippen LogP contribution in [-0.2, 0) is 6.54 Å². The third kappa shape index (κ3) is 2.68. The molecule has 0 spiro atoms. The summed E-state index contributed by atoms with van der Waals surface area (Å²) in [5, 5.41) is 6.31. The van der Waals surface area contributed by atoms with E-state index in [9.17, 15) is 4.39 Å². The molecule has 1 heterocycles. The second-order valence-corrected chi connectivity index (χ2v) is 3.72. The summed E-state index contributed by atoms with van der Waals surface area (Å²) in [5.41, 5.74) is 0.916. The molecule has 0 aliphatic carbocycles. The number of halogens is 1. The summed E-state index contributed by atoms with van der Waals surface area (Å²) in [6.07, 6.45) is 0. The lowest BCUT2D eigenvalue weighted by atomic mass is 10.2. The topological polar surface area (TPSA) is 36.4 Å². The van der Waals surface area contributed by atoms with Gasteiger partial charge in [0.05, 0.1) is 6.54 Å².